The largest absolute Gasteiger partial charge is 0.465 e. The molecule has 0 aliphatic carbocycles. The predicted octanol–water partition coefficient (Wildman–Crippen LogP) is 2.28. The van der Waals surface area contributed by atoms with E-state index in [1.807, 2.05) is 26.8 Å². The van der Waals surface area contributed by atoms with Crippen LogP contribution in [0.25, 0.3) is 0 Å². The number of rotatable bonds is 6. The number of esters is 1. The maximum Gasteiger partial charge on any atom is 0.340 e. The maximum absolute atomic E-state index is 11.5. The van der Waals surface area contributed by atoms with Crippen molar-refractivity contribution in [2.75, 3.05) is 31.3 Å². The van der Waals surface area contributed by atoms with Gasteiger partial charge in [-0.2, -0.15) is 0 Å². The fourth-order valence-electron chi connectivity index (χ4n) is 1.76. The summed E-state index contributed by atoms with van der Waals surface area (Å²) in [4.78, 5) is 11.5. The van der Waals surface area contributed by atoms with E-state index in [-0.39, 0.29) is 5.60 Å². The Labute approximate surface area is 114 Å². The summed E-state index contributed by atoms with van der Waals surface area (Å²) < 4.78 is 10.3. The number of carbonyl (C=O) groups is 1. The Morgan fingerprint density at radius 1 is 1.42 bits per heavy atom. The smallest absolute Gasteiger partial charge is 0.340 e. The molecule has 0 fully saturated rings. The highest BCUT2D eigenvalue weighted by Gasteiger charge is 2.19. The van der Waals surface area contributed by atoms with Crippen molar-refractivity contribution >= 4 is 17.3 Å². The van der Waals surface area contributed by atoms with Gasteiger partial charge in [-0.05, 0) is 32.9 Å². The maximum atomic E-state index is 11.5. The van der Waals surface area contributed by atoms with Crippen molar-refractivity contribution < 1.29 is 14.3 Å². The summed E-state index contributed by atoms with van der Waals surface area (Å²) in [7, 11) is 1.33. The second kappa shape index (κ2) is 6.43. The average Bonchev–Trinajstić information content (AvgIpc) is 2.36. The van der Waals surface area contributed by atoms with E-state index in [1.165, 1.54) is 7.11 Å². The third-order valence-electron chi connectivity index (χ3n) is 2.75. The summed E-state index contributed by atoms with van der Waals surface area (Å²) in [5, 5.41) is 3.20. The monoisotopic (exact) mass is 266 g/mol. The van der Waals surface area contributed by atoms with E-state index >= 15 is 0 Å². The van der Waals surface area contributed by atoms with Gasteiger partial charge in [-0.25, -0.2) is 4.79 Å². The van der Waals surface area contributed by atoms with E-state index in [1.54, 1.807) is 12.1 Å². The highest BCUT2D eigenvalue weighted by molar-refractivity contribution is 5.98. The zero-order chi connectivity index (χ0) is 14.5. The minimum atomic E-state index is -0.440. The molecule has 0 heterocycles. The Hall–Kier alpha value is -1.75. The molecule has 1 rings (SSSR count). The number of hydrogen-bond acceptors (Lipinski definition) is 5. The van der Waals surface area contributed by atoms with Crippen molar-refractivity contribution in [1.82, 2.24) is 0 Å². The van der Waals surface area contributed by atoms with Gasteiger partial charge in [0.05, 0.1) is 29.6 Å². The van der Waals surface area contributed by atoms with Gasteiger partial charge in [-0.1, -0.05) is 6.07 Å². The molecule has 1 aromatic rings. The molecule has 5 heteroatoms. The van der Waals surface area contributed by atoms with Crippen LogP contribution in [0.5, 0.6) is 0 Å². The fraction of sp³-hybridized carbons (Fsp3) is 0.500. The van der Waals surface area contributed by atoms with Crippen molar-refractivity contribution in [3.05, 3.63) is 23.8 Å². The lowest BCUT2D eigenvalue weighted by molar-refractivity contribution is 0.000708. The Morgan fingerprint density at radius 2 is 2.11 bits per heavy atom. The standard InChI is InChI=1S/C14H22N2O3/c1-5-19-14(2,3)9-16-11-8-6-7-10(12(11)15)13(17)18-4/h6-8,16H,5,9,15H2,1-4H3. The van der Waals surface area contributed by atoms with Gasteiger partial charge in [0, 0.05) is 13.2 Å². The molecular formula is C14H22N2O3. The molecule has 1 aromatic carbocycles. The molecule has 106 valence electrons. The number of benzene rings is 1. The summed E-state index contributed by atoms with van der Waals surface area (Å²) in [6.07, 6.45) is 0. The zero-order valence-corrected chi connectivity index (χ0v) is 11.9. The number of nitrogens with one attached hydrogen (secondary N) is 1. The van der Waals surface area contributed by atoms with Gasteiger partial charge >= 0.3 is 5.97 Å². The number of hydrogen-bond donors (Lipinski definition) is 2. The topological polar surface area (TPSA) is 73.6 Å². The van der Waals surface area contributed by atoms with Crippen LogP contribution in [0, 0.1) is 0 Å². The number of para-hydroxylation sites is 1. The van der Waals surface area contributed by atoms with Crippen LogP contribution in [-0.4, -0.2) is 31.8 Å². The molecule has 0 amide bonds. The SMILES string of the molecule is CCOC(C)(C)CNc1cccc(C(=O)OC)c1N. The fourth-order valence-corrected chi connectivity index (χ4v) is 1.76. The Balaban J connectivity index is 2.83. The molecule has 0 saturated carbocycles. The molecule has 0 bridgehead atoms. The molecule has 0 aliphatic heterocycles. The number of nitrogen functional groups attached to an aromatic ring is 1. The molecule has 3 N–H and O–H groups in total. The van der Waals surface area contributed by atoms with E-state index in [4.69, 9.17) is 10.5 Å². The Kier molecular flexibility index (Phi) is 5.18. The van der Waals surface area contributed by atoms with E-state index < -0.39 is 5.97 Å². The number of carbonyl (C=O) groups excluding carboxylic acids is 1. The Morgan fingerprint density at radius 3 is 2.68 bits per heavy atom. The third-order valence-corrected chi connectivity index (χ3v) is 2.75. The van der Waals surface area contributed by atoms with Crippen molar-refractivity contribution in [2.24, 2.45) is 0 Å². The molecule has 0 aromatic heterocycles. The Bertz CT molecular complexity index is 444. The number of methoxy groups -OCH3 is 1. The quantitative estimate of drug-likeness (QED) is 0.610. The number of nitrogens with two attached hydrogens (primary N) is 1. The first-order chi connectivity index (χ1) is 8.91. The van der Waals surface area contributed by atoms with Gasteiger partial charge in [0.1, 0.15) is 0 Å². The lowest BCUT2D eigenvalue weighted by atomic mass is 10.1. The molecule has 5 nitrogen and oxygen atoms in total. The van der Waals surface area contributed by atoms with Crippen LogP contribution in [0.4, 0.5) is 11.4 Å². The van der Waals surface area contributed by atoms with Crippen molar-refractivity contribution in [3.63, 3.8) is 0 Å². The molecule has 0 saturated heterocycles. The van der Waals surface area contributed by atoms with Crippen LogP contribution in [0.15, 0.2) is 18.2 Å². The average molecular weight is 266 g/mol. The summed E-state index contributed by atoms with van der Waals surface area (Å²) in [5.74, 6) is -0.440. The van der Waals surface area contributed by atoms with Crippen LogP contribution in [0.3, 0.4) is 0 Å². The van der Waals surface area contributed by atoms with Crippen molar-refractivity contribution in [3.8, 4) is 0 Å². The summed E-state index contributed by atoms with van der Waals surface area (Å²) in [5.41, 5.74) is 7.11. The second-order valence-electron chi connectivity index (χ2n) is 4.80. The van der Waals surface area contributed by atoms with Gasteiger partial charge in [0.25, 0.3) is 0 Å². The number of ether oxygens (including phenoxy) is 2. The molecule has 0 radical (unpaired) electrons. The lowest BCUT2D eigenvalue weighted by Gasteiger charge is -2.26. The van der Waals surface area contributed by atoms with Gasteiger partial charge < -0.3 is 20.5 Å². The third kappa shape index (κ3) is 4.13. The summed E-state index contributed by atoms with van der Waals surface area (Å²) in [6.45, 7) is 7.17. The van der Waals surface area contributed by atoms with Crippen LogP contribution >= 0.6 is 0 Å². The van der Waals surface area contributed by atoms with E-state index in [0.29, 0.717) is 30.1 Å². The molecule has 0 spiro atoms. The molecule has 0 aliphatic rings. The van der Waals surface area contributed by atoms with Gasteiger partial charge in [-0.3, -0.25) is 0 Å². The molecular weight excluding hydrogens is 244 g/mol. The predicted molar refractivity (Wildman–Crippen MR) is 76.4 cm³/mol. The second-order valence-corrected chi connectivity index (χ2v) is 4.80. The van der Waals surface area contributed by atoms with Gasteiger partial charge in [0.15, 0.2) is 0 Å². The summed E-state index contributed by atoms with van der Waals surface area (Å²) in [6, 6.07) is 5.22. The van der Waals surface area contributed by atoms with Gasteiger partial charge in [0.2, 0.25) is 0 Å². The normalized spacial score (nSPS) is 11.2. The number of anilines is 2. The minimum Gasteiger partial charge on any atom is -0.465 e. The highest BCUT2D eigenvalue weighted by atomic mass is 16.5. The van der Waals surface area contributed by atoms with Crippen LogP contribution < -0.4 is 11.1 Å². The van der Waals surface area contributed by atoms with E-state index in [9.17, 15) is 4.79 Å². The summed E-state index contributed by atoms with van der Waals surface area (Å²) >= 11 is 0. The van der Waals surface area contributed by atoms with Gasteiger partial charge in [-0.15, -0.1) is 0 Å². The zero-order valence-electron chi connectivity index (χ0n) is 11.9. The van der Waals surface area contributed by atoms with Crippen molar-refractivity contribution in [2.45, 2.75) is 26.4 Å². The molecule has 19 heavy (non-hydrogen) atoms. The first kappa shape index (κ1) is 15.3. The lowest BCUT2D eigenvalue weighted by Crippen LogP contribution is -2.33. The van der Waals surface area contributed by atoms with Crippen LogP contribution in [0.2, 0.25) is 0 Å². The molecule has 0 atom stereocenters. The van der Waals surface area contributed by atoms with E-state index in [0.717, 1.165) is 0 Å². The van der Waals surface area contributed by atoms with Crippen LogP contribution in [-0.2, 0) is 9.47 Å². The first-order valence-corrected chi connectivity index (χ1v) is 6.26. The van der Waals surface area contributed by atoms with Crippen molar-refractivity contribution in [1.29, 1.82) is 0 Å². The molecule has 0 unspecified atom stereocenters. The van der Waals surface area contributed by atoms with E-state index in [2.05, 4.69) is 10.1 Å². The van der Waals surface area contributed by atoms with Crippen LogP contribution in [0.1, 0.15) is 31.1 Å². The highest BCUT2D eigenvalue weighted by Crippen LogP contribution is 2.24. The minimum absolute atomic E-state index is 0.303. The first-order valence-electron chi connectivity index (χ1n) is 6.26.